The Hall–Kier alpha value is -2.56. The molecule has 1 aromatic carbocycles. The number of nitrogens with zero attached hydrogens (tertiary/aromatic N) is 3. The number of nitrogen functional groups attached to an aromatic ring is 1. The van der Waals surface area contributed by atoms with Crippen LogP contribution in [0.3, 0.4) is 0 Å². The normalized spacial score (nSPS) is 10.8. The van der Waals surface area contributed by atoms with Gasteiger partial charge < -0.3 is 15.0 Å². The van der Waals surface area contributed by atoms with Crippen LogP contribution in [0.25, 0.3) is 11.0 Å². The van der Waals surface area contributed by atoms with E-state index in [0.29, 0.717) is 11.6 Å². The summed E-state index contributed by atoms with van der Waals surface area (Å²) in [5, 5.41) is 0. The zero-order valence-electron chi connectivity index (χ0n) is 10.8. The molecule has 0 aliphatic heterocycles. The van der Waals surface area contributed by atoms with Crippen molar-refractivity contribution in [2.24, 2.45) is 7.05 Å². The molecule has 0 aliphatic carbocycles. The predicted molar refractivity (Wildman–Crippen MR) is 74.2 cm³/mol. The van der Waals surface area contributed by atoms with Crippen molar-refractivity contribution < 1.29 is 4.74 Å². The first-order valence-electron chi connectivity index (χ1n) is 5.95. The highest BCUT2D eigenvalue weighted by molar-refractivity contribution is 5.80. The van der Waals surface area contributed by atoms with Crippen LogP contribution in [0.15, 0.2) is 36.8 Å². The van der Waals surface area contributed by atoms with E-state index in [2.05, 4.69) is 9.97 Å². The third-order valence-electron chi connectivity index (χ3n) is 3.08. The number of benzene rings is 1. The summed E-state index contributed by atoms with van der Waals surface area (Å²) in [5.74, 6) is 1.26. The molecule has 5 nitrogen and oxygen atoms in total. The Morgan fingerprint density at radius 1 is 1.21 bits per heavy atom. The number of ether oxygens (including phenoxy) is 1. The van der Waals surface area contributed by atoms with Crippen molar-refractivity contribution in [2.45, 2.75) is 6.92 Å². The van der Waals surface area contributed by atoms with E-state index in [9.17, 15) is 0 Å². The first-order chi connectivity index (χ1) is 9.15. The maximum Gasteiger partial charge on any atom is 0.247 e. The molecular weight excluding hydrogens is 240 g/mol. The number of hydrogen-bond donors (Lipinski definition) is 1. The van der Waals surface area contributed by atoms with Gasteiger partial charge in [0.05, 0.1) is 5.52 Å². The Bertz CT molecular complexity index is 748. The number of rotatable bonds is 2. The largest absolute Gasteiger partial charge is 0.437 e. The van der Waals surface area contributed by atoms with Gasteiger partial charge in [0, 0.05) is 18.9 Å². The summed E-state index contributed by atoms with van der Waals surface area (Å²) < 4.78 is 7.78. The lowest BCUT2D eigenvalue weighted by Crippen LogP contribution is -1.95. The SMILES string of the molecule is Cc1cc(Oc2ncnc3ccn(C)c23)ccc1N. The summed E-state index contributed by atoms with van der Waals surface area (Å²) in [6.45, 7) is 1.94. The van der Waals surface area contributed by atoms with Crippen molar-refractivity contribution in [3.8, 4) is 11.6 Å². The molecule has 2 aromatic heterocycles. The molecule has 0 fully saturated rings. The van der Waals surface area contributed by atoms with Crippen LogP contribution in [0, 0.1) is 6.92 Å². The highest BCUT2D eigenvalue weighted by atomic mass is 16.5. The molecule has 0 amide bonds. The molecule has 0 saturated carbocycles. The molecule has 0 aliphatic rings. The van der Waals surface area contributed by atoms with E-state index >= 15 is 0 Å². The molecule has 2 heterocycles. The van der Waals surface area contributed by atoms with Crippen molar-refractivity contribution in [3.05, 3.63) is 42.4 Å². The van der Waals surface area contributed by atoms with Crippen LogP contribution in [0.2, 0.25) is 0 Å². The van der Waals surface area contributed by atoms with E-state index in [1.165, 1.54) is 6.33 Å². The van der Waals surface area contributed by atoms with Gasteiger partial charge in [0.1, 0.15) is 17.6 Å². The van der Waals surface area contributed by atoms with E-state index in [-0.39, 0.29) is 0 Å². The van der Waals surface area contributed by atoms with Crippen molar-refractivity contribution in [1.29, 1.82) is 0 Å². The fourth-order valence-electron chi connectivity index (χ4n) is 1.98. The van der Waals surface area contributed by atoms with Crippen LogP contribution in [0.1, 0.15) is 5.56 Å². The molecular formula is C14H14N4O. The summed E-state index contributed by atoms with van der Waals surface area (Å²) in [6, 6.07) is 7.48. The number of aryl methyl sites for hydroxylation is 2. The third-order valence-corrected chi connectivity index (χ3v) is 3.08. The van der Waals surface area contributed by atoms with Gasteiger partial charge in [0.2, 0.25) is 5.88 Å². The smallest absolute Gasteiger partial charge is 0.247 e. The van der Waals surface area contributed by atoms with Gasteiger partial charge in [0.15, 0.2) is 0 Å². The average Bonchev–Trinajstić information content (AvgIpc) is 2.77. The molecule has 5 heteroatoms. The van der Waals surface area contributed by atoms with Crippen molar-refractivity contribution >= 4 is 16.7 Å². The maximum atomic E-state index is 5.84. The van der Waals surface area contributed by atoms with Gasteiger partial charge in [0.25, 0.3) is 0 Å². The van der Waals surface area contributed by atoms with Crippen LogP contribution in [0.4, 0.5) is 5.69 Å². The van der Waals surface area contributed by atoms with Gasteiger partial charge in [-0.2, -0.15) is 4.98 Å². The van der Waals surface area contributed by atoms with Crippen LogP contribution in [-0.4, -0.2) is 14.5 Å². The van der Waals surface area contributed by atoms with Gasteiger partial charge >= 0.3 is 0 Å². The van der Waals surface area contributed by atoms with E-state index in [1.807, 2.05) is 49.0 Å². The van der Waals surface area contributed by atoms with Crippen LogP contribution in [0.5, 0.6) is 11.6 Å². The summed E-state index contributed by atoms with van der Waals surface area (Å²) in [5.41, 5.74) is 9.26. The molecule has 0 radical (unpaired) electrons. The van der Waals surface area contributed by atoms with Crippen LogP contribution < -0.4 is 10.5 Å². The van der Waals surface area contributed by atoms with Crippen LogP contribution in [-0.2, 0) is 7.05 Å². The lowest BCUT2D eigenvalue weighted by molar-refractivity contribution is 0.465. The number of hydrogen-bond acceptors (Lipinski definition) is 4. The second-order valence-electron chi connectivity index (χ2n) is 4.46. The first-order valence-corrected chi connectivity index (χ1v) is 5.95. The third kappa shape index (κ3) is 1.99. The number of aromatic nitrogens is 3. The number of nitrogens with two attached hydrogens (primary N) is 1. The second kappa shape index (κ2) is 4.28. The fourth-order valence-corrected chi connectivity index (χ4v) is 1.98. The second-order valence-corrected chi connectivity index (χ2v) is 4.46. The van der Waals surface area contributed by atoms with E-state index < -0.39 is 0 Å². The quantitative estimate of drug-likeness (QED) is 0.714. The van der Waals surface area contributed by atoms with Gasteiger partial charge in [-0.1, -0.05) is 0 Å². The van der Waals surface area contributed by atoms with E-state index in [4.69, 9.17) is 10.5 Å². The summed E-state index contributed by atoms with van der Waals surface area (Å²) >= 11 is 0. The molecule has 3 aromatic rings. The Morgan fingerprint density at radius 3 is 2.84 bits per heavy atom. The monoisotopic (exact) mass is 254 g/mol. The lowest BCUT2D eigenvalue weighted by atomic mass is 10.2. The Morgan fingerprint density at radius 2 is 2.05 bits per heavy atom. The maximum absolute atomic E-state index is 5.84. The summed E-state index contributed by atoms with van der Waals surface area (Å²) in [4.78, 5) is 8.41. The minimum absolute atomic E-state index is 0.543. The minimum Gasteiger partial charge on any atom is -0.437 e. The zero-order valence-corrected chi connectivity index (χ0v) is 10.8. The van der Waals surface area contributed by atoms with Crippen LogP contribution >= 0.6 is 0 Å². The predicted octanol–water partition coefficient (Wildman–Crippen LogP) is 2.65. The molecule has 19 heavy (non-hydrogen) atoms. The fraction of sp³-hybridized carbons (Fsp3) is 0.143. The van der Waals surface area contributed by atoms with Gasteiger partial charge in [-0.25, -0.2) is 4.98 Å². The van der Waals surface area contributed by atoms with Crippen molar-refractivity contribution in [3.63, 3.8) is 0 Å². The minimum atomic E-state index is 0.543. The average molecular weight is 254 g/mol. The van der Waals surface area contributed by atoms with Crippen molar-refractivity contribution in [1.82, 2.24) is 14.5 Å². The molecule has 0 saturated heterocycles. The number of anilines is 1. The van der Waals surface area contributed by atoms with Crippen molar-refractivity contribution in [2.75, 3.05) is 5.73 Å². The van der Waals surface area contributed by atoms with Gasteiger partial charge in [-0.05, 0) is 36.8 Å². The Labute approximate surface area is 110 Å². The van der Waals surface area contributed by atoms with E-state index in [0.717, 1.165) is 22.3 Å². The molecule has 96 valence electrons. The van der Waals surface area contributed by atoms with E-state index in [1.54, 1.807) is 0 Å². The van der Waals surface area contributed by atoms with Gasteiger partial charge in [-0.3, -0.25) is 0 Å². The molecule has 2 N–H and O–H groups in total. The van der Waals surface area contributed by atoms with Gasteiger partial charge in [-0.15, -0.1) is 0 Å². The topological polar surface area (TPSA) is 66.0 Å². The highest BCUT2D eigenvalue weighted by Crippen LogP contribution is 2.28. The summed E-state index contributed by atoms with van der Waals surface area (Å²) in [6.07, 6.45) is 3.43. The Kier molecular flexibility index (Phi) is 2.59. The Balaban J connectivity index is 2.05. The molecule has 0 spiro atoms. The number of fused-ring (bicyclic) bond motifs is 1. The lowest BCUT2D eigenvalue weighted by Gasteiger charge is -2.08. The molecule has 0 unspecified atom stereocenters. The first kappa shape index (κ1) is 11.5. The zero-order chi connectivity index (χ0) is 13.4. The highest BCUT2D eigenvalue weighted by Gasteiger charge is 2.09. The molecule has 0 atom stereocenters. The standard InChI is InChI=1S/C14H14N4O/c1-9-7-10(3-4-11(9)15)19-14-13-12(16-8-17-14)5-6-18(13)2/h3-8H,15H2,1-2H3. The summed E-state index contributed by atoms with van der Waals surface area (Å²) in [7, 11) is 1.94. The molecule has 3 rings (SSSR count). The molecule has 0 bridgehead atoms.